The summed E-state index contributed by atoms with van der Waals surface area (Å²) in [6.45, 7) is 11.2. The monoisotopic (exact) mass is 150 g/mol. The molecule has 0 aromatic carbocycles. The third-order valence-corrected chi connectivity index (χ3v) is 4.50. The molecule has 0 aliphatic rings. The quantitative estimate of drug-likeness (QED) is 0.403. The van der Waals surface area contributed by atoms with Gasteiger partial charge in [0.15, 0.2) is 0 Å². The topological polar surface area (TPSA) is 0 Å². The average molecular weight is 150 g/mol. The first-order chi connectivity index (χ1) is 4.85. The number of rotatable bonds is 6. The smallest absolute Gasteiger partial charge is 0.105 e. The fourth-order valence-electron chi connectivity index (χ4n) is 0.996. The van der Waals surface area contributed by atoms with E-state index < -0.39 is 14.1 Å². The second-order valence-corrected chi connectivity index (χ2v) is 5.59. The Bertz CT molecular complexity index is 92.1. The highest BCUT2D eigenvalue weighted by Gasteiger charge is 2.09. The minimum Gasteiger partial charge on any atom is -0.105 e. The first-order valence-corrected chi connectivity index (χ1v) is 6.12. The summed E-state index contributed by atoms with van der Waals surface area (Å²) in [7, 11) is 0. The molecule has 0 spiro atoms. The summed E-state index contributed by atoms with van der Waals surface area (Å²) in [4.78, 5) is 0. The van der Waals surface area contributed by atoms with Gasteiger partial charge in [-0.15, -0.1) is 38.0 Å². The van der Waals surface area contributed by atoms with Crippen molar-refractivity contribution in [3.05, 3.63) is 38.0 Å². The zero-order valence-corrected chi connectivity index (χ0v) is 7.71. The van der Waals surface area contributed by atoms with Crippen LogP contribution in [0.25, 0.3) is 0 Å². The number of hydrogen-bond acceptors (Lipinski definition) is 0. The molecule has 0 saturated heterocycles. The molecule has 0 aromatic heterocycles. The summed E-state index contributed by atoms with van der Waals surface area (Å²) in [5.74, 6) is 0. The van der Waals surface area contributed by atoms with Gasteiger partial charge in [-0.05, 0) is 0 Å². The molecule has 0 saturated carbocycles. The lowest BCUT2D eigenvalue weighted by molar-refractivity contribution is 1.45. The molecule has 0 aliphatic heterocycles. The van der Waals surface area contributed by atoms with Crippen molar-refractivity contribution in [2.75, 3.05) is 0 Å². The Morgan fingerprint density at radius 2 is 1.10 bits per heavy atom. The van der Waals surface area contributed by atoms with E-state index >= 15 is 0 Å². The van der Waals surface area contributed by atoms with Gasteiger partial charge in [0, 0.05) is 0 Å². The molecule has 0 nitrogen and oxygen atoms in total. The van der Waals surface area contributed by atoms with Crippen LogP contribution in [0, 0.1) is 0 Å². The standard InChI is InChI=1S/3C3H5.Al/c3*1-3-2;/h3*3H,1-2H2;. The highest BCUT2D eigenvalue weighted by Crippen LogP contribution is 2.06. The molecular weight excluding hydrogens is 135 g/mol. The maximum Gasteiger partial charge on any atom is 0.274 e. The molecule has 0 radical (unpaired) electrons. The first kappa shape index (κ1) is 9.75. The van der Waals surface area contributed by atoms with Crippen molar-refractivity contribution in [2.24, 2.45) is 0 Å². The van der Waals surface area contributed by atoms with Crippen LogP contribution in [0.4, 0.5) is 0 Å². The van der Waals surface area contributed by atoms with Gasteiger partial charge in [-0.25, -0.2) is 0 Å². The average Bonchev–Trinajstić information content (AvgIpc) is 1.90. The van der Waals surface area contributed by atoms with Gasteiger partial charge in [-0.2, -0.15) is 0 Å². The van der Waals surface area contributed by atoms with Crippen molar-refractivity contribution in [1.82, 2.24) is 0 Å². The molecule has 10 heavy (non-hydrogen) atoms. The fraction of sp³-hybridized carbons (Fsp3) is 0.333. The molecule has 0 unspecified atom stereocenters. The highest BCUT2D eigenvalue weighted by atomic mass is 27.2. The molecule has 54 valence electrons. The van der Waals surface area contributed by atoms with Gasteiger partial charge in [0.05, 0.1) is 0 Å². The van der Waals surface area contributed by atoms with Gasteiger partial charge < -0.3 is 0 Å². The van der Waals surface area contributed by atoms with Crippen LogP contribution in [0.15, 0.2) is 38.0 Å². The summed E-state index contributed by atoms with van der Waals surface area (Å²) >= 11 is -0.588. The van der Waals surface area contributed by atoms with Crippen molar-refractivity contribution in [1.29, 1.82) is 0 Å². The Kier molecular flexibility index (Phi) is 6.70. The Hall–Kier alpha value is -0.248. The van der Waals surface area contributed by atoms with E-state index in [0.717, 1.165) is 0 Å². The number of allylic oxidation sites excluding steroid dienone is 3. The van der Waals surface area contributed by atoms with Gasteiger partial charge >= 0.3 is 0 Å². The maximum atomic E-state index is 3.73. The Balaban J connectivity index is 3.58. The van der Waals surface area contributed by atoms with Crippen LogP contribution >= 0.6 is 0 Å². The van der Waals surface area contributed by atoms with E-state index in [1.165, 1.54) is 15.8 Å². The van der Waals surface area contributed by atoms with E-state index in [2.05, 4.69) is 19.7 Å². The predicted octanol–water partition coefficient (Wildman–Crippen LogP) is 3.04. The van der Waals surface area contributed by atoms with Crippen LogP contribution in [0.1, 0.15) is 0 Å². The summed E-state index contributed by atoms with van der Waals surface area (Å²) in [6.07, 6.45) is 6.05. The third-order valence-electron chi connectivity index (χ3n) is 1.50. The van der Waals surface area contributed by atoms with Gasteiger partial charge in [0.2, 0.25) is 0 Å². The van der Waals surface area contributed by atoms with Gasteiger partial charge in [0.1, 0.15) is 0 Å². The lowest BCUT2D eigenvalue weighted by Gasteiger charge is -2.00. The molecule has 0 amide bonds. The van der Waals surface area contributed by atoms with E-state index in [1.54, 1.807) is 0 Å². The Morgan fingerprint density at radius 1 is 0.800 bits per heavy atom. The molecular formula is C9H15Al. The van der Waals surface area contributed by atoms with E-state index in [1.807, 2.05) is 18.2 Å². The van der Waals surface area contributed by atoms with Gasteiger partial charge in [-0.1, -0.05) is 15.8 Å². The molecule has 0 bridgehead atoms. The molecule has 0 N–H and O–H groups in total. The molecule has 0 fully saturated rings. The SMILES string of the molecule is C=C[CH2][Al]([CH2]C=C)[CH2]C=C. The minimum absolute atomic E-state index is 0.588. The predicted molar refractivity (Wildman–Crippen MR) is 50.8 cm³/mol. The summed E-state index contributed by atoms with van der Waals surface area (Å²) < 4.78 is 0. The largest absolute Gasteiger partial charge is 0.274 e. The van der Waals surface area contributed by atoms with Gasteiger partial charge in [-0.3, -0.25) is 0 Å². The maximum absolute atomic E-state index is 3.73. The van der Waals surface area contributed by atoms with Crippen molar-refractivity contribution < 1.29 is 0 Å². The molecule has 1 heteroatoms. The van der Waals surface area contributed by atoms with Crippen LogP contribution < -0.4 is 0 Å². The van der Waals surface area contributed by atoms with Crippen LogP contribution in [0.5, 0.6) is 0 Å². The van der Waals surface area contributed by atoms with Gasteiger partial charge in [0.25, 0.3) is 14.1 Å². The molecule has 0 atom stereocenters. The summed E-state index contributed by atoms with van der Waals surface area (Å²) in [5, 5.41) is 3.62. The number of hydrogen-bond donors (Lipinski definition) is 0. The summed E-state index contributed by atoms with van der Waals surface area (Å²) in [5.41, 5.74) is 0. The van der Waals surface area contributed by atoms with Crippen molar-refractivity contribution in [3.63, 3.8) is 0 Å². The van der Waals surface area contributed by atoms with Crippen LogP contribution in [-0.4, -0.2) is 14.1 Å². The zero-order valence-electron chi connectivity index (χ0n) is 6.55. The fourth-order valence-corrected chi connectivity index (χ4v) is 2.99. The van der Waals surface area contributed by atoms with E-state index in [4.69, 9.17) is 0 Å². The lowest BCUT2D eigenvalue weighted by atomic mass is 10.7. The van der Waals surface area contributed by atoms with E-state index in [9.17, 15) is 0 Å². The summed E-state index contributed by atoms with van der Waals surface area (Å²) in [6, 6.07) is 0. The first-order valence-electron chi connectivity index (χ1n) is 3.67. The molecule has 0 aromatic rings. The highest BCUT2D eigenvalue weighted by molar-refractivity contribution is 6.60. The normalized spacial score (nSPS) is 8.40. The van der Waals surface area contributed by atoms with Crippen molar-refractivity contribution in [3.8, 4) is 0 Å². The molecule has 0 aliphatic carbocycles. The zero-order chi connectivity index (χ0) is 7.82. The Morgan fingerprint density at radius 3 is 1.30 bits per heavy atom. The second-order valence-electron chi connectivity index (χ2n) is 2.44. The van der Waals surface area contributed by atoms with Crippen LogP contribution in [0.3, 0.4) is 0 Å². The van der Waals surface area contributed by atoms with E-state index in [0.29, 0.717) is 0 Å². The molecule has 0 heterocycles. The Labute approximate surface area is 68.3 Å². The minimum atomic E-state index is -0.588. The third kappa shape index (κ3) is 4.61. The lowest BCUT2D eigenvalue weighted by Crippen LogP contribution is -2.07. The van der Waals surface area contributed by atoms with Crippen molar-refractivity contribution >= 4 is 14.1 Å². The van der Waals surface area contributed by atoms with E-state index in [-0.39, 0.29) is 0 Å². The van der Waals surface area contributed by atoms with Crippen LogP contribution in [-0.2, 0) is 0 Å². The molecule has 0 rings (SSSR count). The second kappa shape index (κ2) is 6.87. The van der Waals surface area contributed by atoms with Crippen LogP contribution in [0.2, 0.25) is 15.8 Å². The van der Waals surface area contributed by atoms with Crippen molar-refractivity contribution in [2.45, 2.75) is 15.8 Å².